The minimum atomic E-state index is -0.193. The van der Waals surface area contributed by atoms with E-state index in [0.29, 0.717) is 47.3 Å². The van der Waals surface area contributed by atoms with Gasteiger partial charge in [-0.05, 0) is 24.3 Å². The van der Waals surface area contributed by atoms with Crippen molar-refractivity contribution < 1.29 is 23.4 Å². The number of carbonyl (C=O) groups is 1. The van der Waals surface area contributed by atoms with E-state index in [0.717, 1.165) is 11.8 Å². The van der Waals surface area contributed by atoms with E-state index in [-0.39, 0.29) is 18.3 Å². The van der Waals surface area contributed by atoms with Crippen molar-refractivity contribution in [2.24, 2.45) is 0 Å². The highest BCUT2D eigenvalue weighted by Gasteiger charge is 2.14. The smallest absolute Gasteiger partial charge is 0.277 e. The third kappa shape index (κ3) is 4.74. The minimum absolute atomic E-state index is 0.135. The number of para-hydroxylation sites is 1. The molecule has 0 unspecified atom stereocenters. The van der Waals surface area contributed by atoms with Gasteiger partial charge in [0.15, 0.2) is 18.1 Å². The van der Waals surface area contributed by atoms with Crippen LogP contribution in [0.15, 0.2) is 58.2 Å². The average molecular weight is 399 g/mol. The Morgan fingerprint density at radius 2 is 1.89 bits per heavy atom. The molecule has 0 spiro atoms. The molecule has 0 saturated carbocycles. The molecule has 28 heavy (non-hydrogen) atoms. The number of ether oxygens (including phenoxy) is 3. The lowest BCUT2D eigenvalue weighted by Crippen LogP contribution is -2.17. The van der Waals surface area contributed by atoms with Gasteiger partial charge in [-0.25, -0.2) is 0 Å². The molecule has 0 aliphatic carbocycles. The van der Waals surface area contributed by atoms with E-state index in [2.05, 4.69) is 15.5 Å². The van der Waals surface area contributed by atoms with Crippen molar-refractivity contribution in [3.05, 3.63) is 54.4 Å². The fraction of sp³-hybridized carbons (Fsp3) is 0.211. The zero-order valence-corrected chi connectivity index (χ0v) is 15.6. The molecule has 0 bridgehead atoms. The zero-order valence-electron chi connectivity index (χ0n) is 14.8. The van der Waals surface area contributed by atoms with Gasteiger partial charge in [-0.1, -0.05) is 30.0 Å². The second-order valence-electron chi connectivity index (χ2n) is 5.76. The third-order valence-corrected chi connectivity index (χ3v) is 4.52. The number of thioether (sulfide) groups is 1. The standard InChI is InChI=1S/C19H17N3O5S/c23-17(20-13-6-7-15-16(10-13)25-9-8-24-15)12-28-19-22-21-18(27-19)11-26-14-4-2-1-3-5-14/h1-7,10H,8-9,11-12H2,(H,20,23). The molecule has 1 aliphatic rings. The largest absolute Gasteiger partial charge is 0.486 e. The number of hydrogen-bond acceptors (Lipinski definition) is 8. The van der Waals surface area contributed by atoms with E-state index in [4.69, 9.17) is 18.6 Å². The van der Waals surface area contributed by atoms with E-state index >= 15 is 0 Å². The van der Waals surface area contributed by atoms with Crippen molar-refractivity contribution >= 4 is 23.4 Å². The third-order valence-electron chi connectivity index (χ3n) is 3.71. The number of anilines is 1. The van der Waals surface area contributed by atoms with Gasteiger partial charge < -0.3 is 23.9 Å². The summed E-state index contributed by atoms with van der Waals surface area (Å²) in [5.41, 5.74) is 0.636. The quantitative estimate of drug-likeness (QED) is 0.606. The van der Waals surface area contributed by atoms with Crippen LogP contribution >= 0.6 is 11.8 Å². The van der Waals surface area contributed by atoms with Crippen molar-refractivity contribution in [2.45, 2.75) is 11.8 Å². The molecule has 3 aromatic rings. The molecular weight excluding hydrogens is 382 g/mol. The molecule has 2 heterocycles. The predicted molar refractivity (Wildman–Crippen MR) is 102 cm³/mol. The summed E-state index contributed by atoms with van der Waals surface area (Å²) in [6.45, 7) is 1.19. The molecule has 0 fully saturated rings. The number of nitrogens with one attached hydrogen (secondary N) is 1. The summed E-state index contributed by atoms with van der Waals surface area (Å²) in [7, 11) is 0. The molecule has 1 aromatic heterocycles. The van der Waals surface area contributed by atoms with Crippen LogP contribution in [0.25, 0.3) is 0 Å². The minimum Gasteiger partial charge on any atom is -0.486 e. The number of aromatic nitrogens is 2. The lowest BCUT2D eigenvalue weighted by molar-refractivity contribution is -0.113. The van der Waals surface area contributed by atoms with Crippen molar-refractivity contribution in [1.29, 1.82) is 0 Å². The SMILES string of the molecule is O=C(CSc1nnc(COc2ccccc2)o1)Nc1ccc2c(c1)OCCO2. The Kier molecular flexibility index (Phi) is 5.62. The molecule has 2 aromatic carbocycles. The van der Waals surface area contributed by atoms with Crippen LogP contribution in [0.1, 0.15) is 5.89 Å². The van der Waals surface area contributed by atoms with Gasteiger partial charge in [0.25, 0.3) is 11.1 Å². The lowest BCUT2D eigenvalue weighted by Gasteiger charge is -2.18. The molecular formula is C19H17N3O5S. The Morgan fingerprint density at radius 3 is 2.75 bits per heavy atom. The van der Waals surface area contributed by atoms with E-state index in [1.807, 2.05) is 30.3 Å². The molecule has 144 valence electrons. The van der Waals surface area contributed by atoms with Gasteiger partial charge in [0.05, 0.1) is 5.75 Å². The van der Waals surface area contributed by atoms with Gasteiger partial charge >= 0.3 is 0 Å². The Bertz CT molecular complexity index is 948. The summed E-state index contributed by atoms with van der Waals surface area (Å²) in [6.07, 6.45) is 0. The number of carbonyl (C=O) groups excluding carboxylic acids is 1. The number of benzene rings is 2. The van der Waals surface area contributed by atoms with E-state index < -0.39 is 0 Å². The summed E-state index contributed by atoms with van der Waals surface area (Å²) in [4.78, 5) is 12.2. The van der Waals surface area contributed by atoms with E-state index in [9.17, 15) is 4.79 Å². The molecule has 1 N–H and O–H groups in total. The Hall–Kier alpha value is -3.20. The maximum Gasteiger partial charge on any atom is 0.277 e. The van der Waals surface area contributed by atoms with Crippen LogP contribution in [-0.4, -0.2) is 35.1 Å². The first-order valence-electron chi connectivity index (χ1n) is 8.59. The Balaban J connectivity index is 1.25. The van der Waals surface area contributed by atoms with Gasteiger partial charge in [-0.2, -0.15) is 0 Å². The fourth-order valence-corrected chi connectivity index (χ4v) is 3.04. The normalized spacial score (nSPS) is 12.4. The number of hydrogen-bond donors (Lipinski definition) is 1. The van der Waals surface area contributed by atoms with Gasteiger partial charge in [0.2, 0.25) is 5.91 Å². The Morgan fingerprint density at radius 1 is 1.07 bits per heavy atom. The summed E-state index contributed by atoms with van der Waals surface area (Å²) >= 11 is 1.16. The van der Waals surface area contributed by atoms with Gasteiger partial charge in [0, 0.05) is 11.8 Å². The summed E-state index contributed by atoms with van der Waals surface area (Å²) < 4.78 is 22.0. The van der Waals surface area contributed by atoms with E-state index in [1.165, 1.54) is 0 Å². The van der Waals surface area contributed by atoms with Crippen LogP contribution in [0.3, 0.4) is 0 Å². The highest BCUT2D eigenvalue weighted by Crippen LogP contribution is 2.32. The van der Waals surface area contributed by atoms with Crippen LogP contribution in [0.2, 0.25) is 0 Å². The molecule has 0 radical (unpaired) electrons. The Labute approximate surface area is 165 Å². The highest BCUT2D eigenvalue weighted by atomic mass is 32.2. The average Bonchev–Trinajstić information content (AvgIpc) is 3.19. The molecule has 1 amide bonds. The first-order valence-corrected chi connectivity index (χ1v) is 9.57. The second kappa shape index (κ2) is 8.66. The molecule has 9 heteroatoms. The number of fused-ring (bicyclic) bond motifs is 1. The van der Waals surface area contributed by atoms with Crippen LogP contribution in [-0.2, 0) is 11.4 Å². The summed E-state index contributed by atoms with van der Waals surface area (Å²) in [6, 6.07) is 14.6. The van der Waals surface area contributed by atoms with Gasteiger partial charge in [-0.3, -0.25) is 4.79 Å². The summed E-state index contributed by atoms with van der Waals surface area (Å²) in [5.74, 6) is 2.30. The van der Waals surface area contributed by atoms with Crippen molar-refractivity contribution in [3.63, 3.8) is 0 Å². The number of rotatable bonds is 7. The van der Waals surface area contributed by atoms with Crippen LogP contribution in [0, 0.1) is 0 Å². The maximum atomic E-state index is 12.2. The maximum absolute atomic E-state index is 12.2. The lowest BCUT2D eigenvalue weighted by atomic mass is 10.2. The predicted octanol–water partition coefficient (Wildman–Crippen LogP) is 3.15. The molecule has 8 nitrogen and oxygen atoms in total. The van der Waals surface area contributed by atoms with Crippen molar-refractivity contribution in [2.75, 3.05) is 24.3 Å². The number of amides is 1. The van der Waals surface area contributed by atoms with Crippen molar-refractivity contribution in [1.82, 2.24) is 10.2 Å². The molecule has 4 rings (SSSR count). The molecule has 0 saturated heterocycles. The van der Waals surface area contributed by atoms with Crippen LogP contribution in [0.4, 0.5) is 5.69 Å². The van der Waals surface area contributed by atoms with Crippen LogP contribution < -0.4 is 19.5 Å². The van der Waals surface area contributed by atoms with Gasteiger partial charge in [-0.15, -0.1) is 10.2 Å². The van der Waals surface area contributed by atoms with E-state index in [1.54, 1.807) is 18.2 Å². The zero-order chi connectivity index (χ0) is 19.2. The number of nitrogens with zero attached hydrogens (tertiary/aromatic N) is 2. The van der Waals surface area contributed by atoms with Crippen molar-refractivity contribution in [3.8, 4) is 17.2 Å². The topological polar surface area (TPSA) is 95.7 Å². The first-order chi connectivity index (χ1) is 13.8. The van der Waals surface area contributed by atoms with Gasteiger partial charge in [0.1, 0.15) is 19.0 Å². The first kappa shape index (κ1) is 18.2. The summed E-state index contributed by atoms with van der Waals surface area (Å²) in [5, 5.41) is 10.9. The highest BCUT2D eigenvalue weighted by molar-refractivity contribution is 7.99. The molecule has 1 aliphatic heterocycles. The fourth-order valence-electron chi connectivity index (χ4n) is 2.46. The van der Waals surface area contributed by atoms with Crippen LogP contribution in [0.5, 0.6) is 17.2 Å². The second-order valence-corrected chi connectivity index (χ2v) is 6.69. The monoisotopic (exact) mass is 399 g/mol. The molecule has 0 atom stereocenters.